The maximum Gasteiger partial charge on any atom is 0.236 e. The fourth-order valence-corrected chi connectivity index (χ4v) is 1.47. The van der Waals surface area contributed by atoms with E-state index in [9.17, 15) is 4.79 Å². The highest BCUT2D eigenvalue weighted by molar-refractivity contribution is 5.81. The molecular formula is C12H26N2O. The Morgan fingerprint density at radius 3 is 2.13 bits per heavy atom. The molecule has 0 rings (SSSR count). The van der Waals surface area contributed by atoms with Gasteiger partial charge in [0.15, 0.2) is 0 Å². The van der Waals surface area contributed by atoms with Gasteiger partial charge in [0.05, 0.1) is 6.04 Å². The van der Waals surface area contributed by atoms with Crippen molar-refractivity contribution in [2.24, 2.45) is 11.8 Å². The number of hydrogen-bond donors (Lipinski definition) is 2. The first-order chi connectivity index (χ1) is 6.97. The van der Waals surface area contributed by atoms with Crippen LogP contribution in [-0.2, 0) is 4.79 Å². The third-order valence-corrected chi connectivity index (χ3v) is 2.38. The first-order valence-corrected chi connectivity index (χ1v) is 5.92. The summed E-state index contributed by atoms with van der Waals surface area (Å²) in [6.07, 6.45) is 2.02. The maximum absolute atomic E-state index is 11.5. The summed E-state index contributed by atoms with van der Waals surface area (Å²) in [5.41, 5.74) is 0. The smallest absolute Gasteiger partial charge is 0.236 e. The summed E-state index contributed by atoms with van der Waals surface area (Å²) >= 11 is 0. The molecule has 0 saturated carbocycles. The average Bonchev–Trinajstić information content (AvgIpc) is 2.14. The lowest BCUT2D eigenvalue weighted by atomic mass is 10.0. The van der Waals surface area contributed by atoms with Gasteiger partial charge in [-0.1, -0.05) is 27.7 Å². The van der Waals surface area contributed by atoms with Gasteiger partial charge < -0.3 is 10.6 Å². The standard InChI is InChI=1S/C12H26N2O/c1-9(2)6-7-14-11(8-10(3)4)12(15)13-5/h9-11,14H,6-8H2,1-5H3,(H,13,15). The SMILES string of the molecule is CNC(=O)C(CC(C)C)NCCC(C)C. The highest BCUT2D eigenvalue weighted by Gasteiger charge is 2.17. The molecule has 90 valence electrons. The van der Waals surface area contributed by atoms with Crippen LogP contribution in [0.5, 0.6) is 0 Å². The van der Waals surface area contributed by atoms with Crippen LogP contribution in [0.3, 0.4) is 0 Å². The van der Waals surface area contributed by atoms with E-state index in [-0.39, 0.29) is 11.9 Å². The molecule has 0 aliphatic rings. The van der Waals surface area contributed by atoms with Crippen LogP contribution in [0.4, 0.5) is 0 Å². The molecular weight excluding hydrogens is 188 g/mol. The molecule has 0 aliphatic heterocycles. The van der Waals surface area contributed by atoms with Crippen LogP contribution < -0.4 is 10.6 Å². The molecule has 15 heavy (non-hydrogen) atoms. The molecule has 0 saturated heterocycles. The zero-order chi connectivity index (χ0) is 11.8. The van der Waals surface area contributed by atoms with Crippen LogP contribution in [0.25, 0.3) is 0 Å². The van der Waals surface area contributed by atoms with Crippen molar-refractivity contribution in [3.63, 3.8) is 0 Å². The first kappa shape index (κ1) is 14.4. The van der Waals surface area contributed by atoms with Crippen molar-refractivity contribution < 1.29 is 4.79 Å². The van der Waals surface area contributed by atoms with Crippen molar-refractivity contribution in [3.05, 3.63) is 0 Å². The third-order valence-electron chi connectivity index (χ3n) is 2.38. The summed E-state index contributed by atoms with van der Waals surface area (Å²) in [5.74, 6) is 1.33. The van der Waals surface area contributed by atoms with E-state index in [2.05, 4.69) is 38.3 Å². The van der Waals surface area contributed by atoms with Gasteiger partial charge in [-0.05, 0) is 31.2 Å². The van der Waals surface area contributed by atoms with Gasteiger partial charge in [-0.25, -0.2) is 0 Å². The molecule has 0 aromatic heterocycles. The van der Waals surface area contributed by atoms with Crippen LogP contribution in [0.2, 0.25) is 0 Å². The van der Waals surface area contributed by atoms with Crippen molar-refractivity contribution in [1.29, 1.82) is 0 Å². The van der Waals surface area contributed by atoms with Crippen LogP contribution in [0.15, 0.2) is 0 Å². The Morgan fingerprint density at radius 1 is 1.13 bits per heavy atom. The molecule has 3 nitrogen and oxygen atoms in total. The number of rotatable bonds is 7. The van der Waals surface area contributed by atoms with E-state index >= 15 is 0 Å². The molecule has 1 atom stereocenters. The van der Waals surface area contributed by atoms with E-state index in [0.29, 0.717) is 11.8 Å². The fraction of sp³-hybridized carbons (Fsp3) is 0.917. The van der Waals surface area contributed by atoms with Crippen LogP contribution >= 0.6 is 0 Å². The predicted octanol–water partition coefficient (Wildman–Crippen LogP) is 1.78. The molecule has 2 N–H and O–H groups in total. The molecule has 3 heteroatoms. The number of nitrogens with one attached hydrogen (secondary N) is 2. The lowest BCUT2D eigenvalue weighted by Crippen LogP contribution is -2.44. The van der Waals surface area contributed by atoms with Crippen molar-refractivity contribution in [3.8, 4) is 0 Å². The van der Waals surface area contributed by atoms with Gasteiger partial charge in [0.25, 0.3) is 0 Å². The second-order valence-corrected chi connectivity index (χ2v) is 4.93. The Kier molecular flexibility index (Phi) is 7.39. The van der Waals surface area contributed by atoms with Crippen molar-refractivity contribution in [2.45, 2.75) is 46.6 Å². The normalized spacial score (nSPS) is 13.3. The molecule has 0 aliphatic carbocycles. The Morgan fingerprint density at radius 2 is 1.73 bits per heavy atom. The monoisotopic (exact) mass is 214 g/mol. The van der Waals surface area contributed by atoms with E-state index in [4.69, 9.17) is 0 Å². The van der Waals surface area contributed by atoms with Gasteiger partial charge in [-0.2, -0.15) is 0 Å². The van der Waals surface area contributed by atoms with E-state index in [1.54, 1.807) is 7.05 Å². The molecule has 0 heterocycles. The minimum Gasteiger partial charge on any atom is -0.358 e. The molecule has 0 bridgehead atoms. The second-order valence-electron chi connectivity index (χ2n) is 4.93. The Balaban J connectivity index is 3.96. The van der Waals surface area contributed by atoms with E-state index in [1.807, 2.05) is 0 Å². The van der Waals surface area contributed by atoms with Gasteiger partial charge in [0, 0.05) is 7.05 Å². The molecule has 0 aromatic rings. The van der Waals surface area contributed by atoms with Crippen molar-refractivity contribution in [1.82, 2.24) is 10.6 Å². The number of carbonyl (C=O) groups excluding carboxylic acids is 1. The Labute approximate surface area is 94.0 Å². The highest BCUT2D eigenvalue weighted by Crippen LogP contribution is 2.05. The molecule has 1 unspecified atom stereocenters. The molecule has 0 fully saturated rings. The lowest BCUT2D eigenvalue weighted by molar-refractivity contribution is -0.123. The molecule has 0 aromatic carbocycles. The Hall–Kier alpha value is -0.570. The van der Waals surface area contributed by atoms with E-state index in [1.165, 1.54) is 0 Å². The predicted molar refractivity (Wildman–Crippen MR) is 64.8 cm³/mol. The summed E-state index contributed by atoms with van der Waals surface area (Å²) in [7, 11) is 1.69. The molecule has 0 spiro atoms. The number of amides is 1. The number of likely N-dealkylation sites (N-methyl/N-ethyl adjacent to an activating group) is 1. The minimum absolute atomic E-state index is 0.0336. The van der Waals surface area contributed by atoms with Crippen LogP contribution in [0, 0.1) is 11.8 Å². The highest BCUT2D eigenvalue weighted by atomic mass is 16.2. The quantitative estimate of drug-likeness (QED) is 0.678. The van der Waals surface area contributed by atoms with Gasteiger partial charge in [0.1, 0.15) is 0 Å². The van der Waals surface area contributed by atoms with E-state index in [0.717, 1.165) is 19.4 Å². The van der Waals surface area contributed by atoms with Gasteiger partial charge >= 0.3 is 0 Å². The lowest BCUT2D eigenvalue weighted by Gasteiger charge is -2.19. The van der Waals surface area contributed by atoms with E-state index < -0.39 is 0 Å². The second kappa shape index (κ2) is 7.69. The fourth-order valence-electron chi connectivity index (χ4n) is 1.47. The van der Waals surface area contributed by atoms with Gasteiger partial charge in [-0.3, -0.25) is 4.79 Å². The summed E-state index contributed by atoms with van der Waals surface area (Å²) in [6.45, 7) is 9.58. The maximum atomic E-state index is 11.5. The number of hydrogen-bond acceptors (Lipinski definition) is 2. The summed E-state index contributed by atoms with van der Waals surface area (Å²) < 4.78 is 0. The third kappa shape index (κ3) is 7.37. The van der Waals surface area contributed by atoms with Gasteiger partial charge in [-0.15, -0.1) is 0 Å². The first-order valence-electron chi connectivity index (χ1n) is 5.92. The average molecular weight is 214 g/mol. The van der Waals surface area contributed by atoms with Crippen LogP contribution in [0.1, 0.15) is 40.5 Å². The summed E-state index contributed by atoms with van der Waals surface area (Å²) in [6, 6.07) is -0.0336. The van der Waals surface area contributed by atoms with Gasteiger partial charge in [0.2, 0.25) is 5.91 Å². The zero-order valence-electron chi connectivity index (χ0n) is 10.8. The molecule has 0 radical (unpaired) electrons. The largest absolute Gasteiger partial charge is 0.358 e. The topological polar surface area (TPSA) is 41.1 Å². The molecule has 1 amide bonds. The summed E-state index contributed by atoms with van der Waals surface area (Å²) in [5, 5.41) is 6.03. The summed E-state index contributed by atoms with van der Waals surface area (Å²) in [4.78, 5) is 11.5. The van der Waals surface area contributed by atoms with Crippen molar-refractivity contribution >= 4 is 5.91 Å². The number of carbonyl (C=O) groups is 1. The minimum atomic E-state index is -0.0336. The Bertz CT molecular complexity index is 178. The zero-order valence-corrected chi connectivity index (χ0v) is 10.8. The van der Waals surface area contributed by atoms with Crippen molar-refractivity contribution in [2.75, 3.05) is 13.6 Å². The van der Waals surface area contributed by atoms with Crippen LogP contribution in [-0.4, -0.2) is 25.5 Å².